The van der Waals surface area contributed by atoms with Crippen LogP contribution in [0.15, 0.2) is 28.6 Å². The van der Waals surface area contributed by atoms with Crippen LogP contribution in [0.5, 0.6) is 5.75 Å². The number of methoxy groups -OCH3 is 1. The van der Waals surface area contributed by atoms with Gasteiger partial charge >= 0.3 is 0 Å². The van der Waals surface area contributed by atoms with Gasteiger partial charge in [0.15, 0.2) is 0 Å². The van der Waals surface area contributed by atoms with Gasteiger partial charge in [-0.05, 0) is 6.07 Å². The highest BCUT2D eigenvalue weighted by Crippen LogP contribution is 2.23. The number of nitrogens with zero attached hydrogens (tertiary/aromatic N) is 2. The number of hydrogen-bond acceptors (Lipinski definition) is 7. The quantitative estimate of drug-likeness (QED) is 0.737. The number of nitrogens with one attached hydrogen (secondary N) is 2. The summed E-state index contributed by atoms with van der Waals surface area (Å²) in [7, 11) is -2.33. The maximum Gasteiger partial charge on any atom is 0.270 e. The highest BCUT2D eigenvalue weighted by atomic mass is 32.2. The van der Waals surface area contributed by atoms with Crippen LogP contribution in [-0.4, -0.2) is 31.6 Å². The van der Waals surface area contributed by atoms with Crippen LogP contribution in [0, 0.1) is 5.41 Å². The zero-order valence-corrected chi connectivity index (χ0v) is 16.0. The molecule has 0 unspecified atom stereocenters. The molecule has 2 aromatic rings. The van der Waals surface area contributed by atoms with Gasteiger partial charge in [0.25, 0.3) is 10.0 Å². The van der Waals surface area contributed by atoms with Crippen molar-refractivity contribution in [3.05, 3.63) is 29.8 Å². The van der Waals surface area contributed by atoms with Gasteiger partial charge in [-0.1, -0.05) is 50.3 Å². The molecule has 0 saturated carbocycles. The van der Waals surface area contributed by atoms with Gasteiger partial charge in [0, 0.05) is 17.5 Å². The molecular formula is C15H20N4O4S2. The second kappa shape index (κ2) is 7.46. The summed E-state index contributed by atoms with van der Waals surface area (Å²) < 4.78 is 32.1. The van der Waals surface area contributed by atoms with Crippen LogP contribution >= 0.6 is 11.3 Å². The molecule has 0 fully saturated rings. The largest absolute Gasteiger partial charge is 0.496 e. The van der Waals surface area contributed by atoms with Gasteiger partial charge in [0.05, 0.1) is 7.11 Å². The molecule has 25 heavy (non-hydrogen) atoms. The van der Waals surface area contributed by atoms with E-state index in [4.69, 9.17) is 4.74 Å². The van der Waals surface area contributed by atoms with Crippen molar-refractivity contribution in [2.24, 2.45) is 5.41 Å². The average molecular weight is 384 g/mol. The number of carbonyl (C=O) groups excluding carboxylic acids is 1. The van der Waals surface area contributed by atoms with Crippen molar-refractivity contribution >= 4 is 32.4 Å². The van der Waals surface area contributed by atoms with Gasteiger partial charge in [-0.25, -0.2) is 13.1 Å². The Labute approximate surface area is 150 Å². The molecule has 0 spiro atoms. The van der Waals surface area contributed by atoms with Crippen molar-refractivity contribution < 1.29 is 17.9 Å². The smallest absolute Gasteiger partial charge is 0.270 e. The first-order chi connectivity index (χ1) is 11.6. The molecule has 136 valence electrons. The van der Waals surface area contributed by atoms with Gasteiger partial charge in [-0.3, -0.25) is 4.79 Å². The number of para-hydroxylation sites is 1. The topological polar surface area (TPSA) is 110 Å². The van der Waals surface area contributed by atoms with E-state index in [0.717, 1.165) is 11.3 Å². The van der Waals surface area contributed by atoms with E-state index in [-0.39, 0.29) is 21.9 Å². The van der Waals surface area contributed by atoms with Crippen molar-refractivity contribution in [1.29, 1.82) is 0 Å². The number of sulfonamides is 1. The number of amides is 1. The highest BCUT2D eigenvalue weighted by molar-refractivity contribution is 7.91. The Kier molecular flexibility index (Phi) is 5.76. The van der Waals surface area contributed by atoms with Crippen LogP contribution in [0.4, 0.5) is 5.13 Å². The third-order valence-corrected chi connectivity index (χ3v) is 5.79. The molecule has 1 amide bonds. The molecule has 0 bridgehead atoms. The minimum atomic E-state index is -3.85. The number of rotatable bonds is 6. The molecule has 8 nitrogen and oxygen atoms in total. The van der Waals surface area contributed by atoms with Crippen molar-refractivity contribution in [3.63, 3.8) is 0 Å². The third-order valence-electron chi connectivity index (χ3n) is 3.18. The Bertz CT molecular complexity index is 856. The van der Waals surface area contributed by atoms with E-state index in [2.05, 4.69) is 20.2 Å². The van der Waals surface area contributed by atoms with Crippen molar-refractivity contribution in [2.75, 3.05) is 12.4 Å². The number of anilines is 1. The molecule has 0 atom stereocenters. The highest BCUT2D eigenvalue weighted by Gasteiger charge is 2.25. The van der Waals surface area contributed by atoms with Crippen LogP contribution in [-0.2, 0) is 21.4 Å². The fraction of sp³-hybridized carbons (Fsp3) is 0.400. The van der Waals surface area contributed by atoms with Crippen LogP contribution in [0.3, 0.4) is 0 Å². The first-order valence-corrected chi connectivity index (χ1v) is 9.70. The van der Waals surface area contributed by atoms with Crippen molar-refractivity contribution in [1.82, 2.24) is 14.9 Å². The molecule has 0 aliphatic rings. The normalized spacial score (nSPS) is 12.0. The predicted octanol–water partition coefficient (Wildman–Crippen LogP) is 2.01. The first-order valence-electron chi connectivity index (χ1n) is 7.40. The zero-order valence-electron chi connectivity index (χ0n) is 14.4. The molecule has 0 radical (unpaired) electrons. The minimum Gasteiger partial charge on any atom is -0.496 e. The Morgan fingerprint density at radius 3 is 2.56 bits per heavy atom. The van der Waals surface area contributed by atoms with Crippen molar-refractivity contribution in [2.45, 2.75) is 31.7 Å². The van der Waals surface area contributed by atoms with Crippen molar-refractivity contribution in [3.8, 4) is 5.75 Å². The molecule has 0 aliphatic carbocycles. The predicted molar refractivity (Wildman–Crippen MR) is 95.0 cm³/mol. The van der Waals surface area contributed by atoms with Gasteiger partial charge in [-0.15, -0.1) is 10.2 Å². The summed E-state index contributed by atoms with van der Waals surface area (Å²) in [5.41, 5.74) is 0.0756. The summed E-state index contributed by atoms with van der Waals surface area (Å²) in [4.78, 5) is 11.9. The van der Waals surface area contributed by atoms with Gasteiger partial charge in [0.2, 0.25) is 15.4 Å². The summed E-state index contributed by atoms with van der Waals surface area (Å²) in [6, 6.07) is 7.09. The van der Waals surface area contributed by atoms with Crippen LogP contribution in [0.25, 0.3) is 0 Å². The molecular weight excluding hydrogens is 364 g/mol. The number of ether oxygens (including phenoxy) is 1. The number of aromatic nitrogens is 2. The van der Waals surface area contributed by atoms with Gasteiger partial charge in [0.1, 0.15) is 5.75 Å². The Morgan fingerprint density at radius 1 is 1.24 bits per heavy atom. The van der Waals surface area contributed by atoms with E-state index in [1.165, 1.54) is 7.11 Å². The molecule has 0 saturated heterocycles. The molecule has 0 aliphatic heterocycles. The second-order valence-corrected chi connectivity index (χ2v) is 9.13. The van der Waals surface area contributed by atoms with E-state index in [9.17, 15) is 13.2 Å². The maximum absolute atomic E-state index is 12.3. The maximum atomic E-state index is 12.3. The molecule has 1 heterocycles. The second-order valence-electron chi connectivity index (χ2n) is 6.21. The molecule has 1 aromatic carbocycles. The monoisotopic (exact) mass is 384 g/mol. The summed E-state index contributed by atoms with van der Waals surface area (Å²) in [6.45, 7) is 5.29. The minimum absolute atomic E-state index is 0.0512. The van der Waals surface area contributed by atoms with E-state index in [0.29, 0.717) is 11.3 Å². The Morgan fingerprint density at radius 2 is 1.92 bits per heavy atom. The van der Waals surface area contributed by atoms with Gasteiger partial charge < -0.3 is 10.1 Å². The summed E-state index contributed by atoms with van der Waals surface area (Å²) in [5.74, 6) is 0.315. The average Bonchev–Trinajstić information content (AvgIpc) is 3.02. The fourth-order valence-electron chi connectivity index (χ4n) is 1.74. The zero-order chi connectivity index (χ0) is 18.7. The molecule has 2 rings (SSSR count). The molecule has 2 N–H and O–H groups in total. The van der Waals surface area contributed by atoms with E-state index >= 15 is 0 Å². The summed E-state index contributed by atoms with van der Waals surface area (Å²) in [5, 5.41) is 10.1. The van der Waals surface area contributed by atoms with Crippen LogP contribution < -0.4 is 14.8 Å². The SMILES string of the molecule is COc1ccccc1CNS(=O)(=O)c1nnc(NC(=O)C(C)(C)C)s1. The first kappa shape index (κ1) is 19.3. The third kappa shape index (κ3) is 4.97. The van der Waals surface area contributed by atoms with E-state index < -0.39 is 15.4 Å². The summed E-state index contributed by atoms with van der Waals surface area (Å²) in [6.07, 6.45) is 0. The summed E-state index contributed by atoms with van der Waals surface area (Å²) >= 11 is 0.793. The van der Waals surface area contributed by atoms with E-state index in [1.807, 2.05) is 0 Å². The molecule has 1 aromatic heterocycles. The lowest BCUT2D eigenvalue weighted by Gasteiger charge is -2.15. The van der Waals surface area contributed by atoms with Gasteiger partial charge in [-0.2, -0.15) is 0 Å². The number of carbonyl (C=O) groups is 1. The lowest BCUT2D eigenvalue weighted by Crippen LogP contribution is -2.27. The number of benzene rings is 1. The van der Waals surface area contributed by atoms with E-state index in [1.54, 1.807) is 45.0 Å². The fourth-order valence-corrected chi connectivity index (χ4v) is 3.68. The Hall–Kier alpha value is -2.04. The lowest BCUT2D eigenvalue weighted by molar-refractivity contribution is -0.123. The van der Waals surface area contributed by atoms with Crippen LogP contribution in [0.1, 0.15) is 26.3 Å². The lowest BCUT2D eigenvalue weighted by atomic mass is 9.96. The number of hydrogen-bond donors (Lipinski definition) is 2. The van der Waals surface area contributed by atoms with Crippen LogP contribution in [0.2, 0.25) is 0 Å². The standard InChI is InChI=1S/C15H20N4O4S2/c1-15(2,3)12(20)17-13-18-19-14(24-13)25(21,22)16-9-10-7-5-6-8-11(10)23-4/h5-8,16H,9H2,1-4H3,(H,17,18,20). The molecule has 10 heteroatoms. The Balaban J connectivity index is 2.09.